The van der Waals surface area contributed by atoms with Crippen LogP contribution in [-0.4, -0.2) is 33.0 Å². The molecule has 0 saturated heterocycles. The second-order valence-corrected chi connectivity index (χ2v) is 4.69. The van der Waals surface area contributed by atoms with Crippen molar-refractivity contribution in [3.05, 3.63) is 30.1 Å². The maximum absolute atomic E-state index is 12.1. The highest BCUT2D eigenvalue weighted by atomic mass is 16.4. The van der Waals surface area contributed by atoms with Crippen molar-refractivity contribution >= 4 is 22.9 Å². The Balaban J connectivity index is 2.10. The van der Waals surface area contributed by atoms with Crippen LogP contribution < -0.4 is 5.32 Å². The maximum atomic E-state index is 12.1. The predicted molar refractivity (Wildman–Crippen MR) is 74.5 cm³/mol. The van der Waals surface area contributed by atoms with E-state index >= 15 is 0 Å². The van der Waals surface area contributed by atoms with Crippen molar-refractivity contribution in [1.29, 1.82) is 0 Å². The highest BCUT2D eigenvalue weighted by molar-refractivity contribution is 5.97. The van der Waals surface area contributed by atoms with E-state index in [-0.39, 0.29) is 18.4 Å². The van der Waals surface area contributed by atoms with Crippen LogP contribution in [0.3, 0.4) is 0 Å². The fourth-order valence-electron chi connectivity index (χ4n) is 2.13. The lowest BCUT2D eigenvalue weighted by Crippen LogP contribution is -2.36. The standard InChI is InChI=1S/C14H17N3O3/c1-2-3-10(7-13(18)19)17-14(20)9-4-5-11-12(6-9)16-8-15-11/h4-6,8,10H,2-3,7H2,1H3,(H,15,16)(H,17,20)(H,18,19). The van der Waals surface area contributed by atoms with Crippen LogP contribution in [0.5, 0.6) is 0 Å². The van der Waals surface area contributed by atoms with Crippen LogP contribution in [0.2, 0.25) is 0 Å². The van der Waals surface area contributed by atoms with Gasteiger partial charge in [-0.25, -0.2) is 4.98 Å². The van der Waals surface area contributed by atoms with Gasteiger partial charge in [-0.15, -0.1) is 0 Å². The Bertz CT molecular complexity index is 621. The number of aromatic amines is 1. The smallest absolute Gasteiger partial charge is 0.305 e. The number of hydrogen-bond donors (Lipinski definition) is 3. The molecule has 1 unspecified atom stereocenters. The molecule has 2 aromatic rings. The van der Waals surface area contributed by atoms with E-state index < -0.39 is 5.97 Å². The number of imidazole rings is 1. The number of hydrogen-bond acceptors (Lipinski definition) is 3. The van der Waals surface area contributed by atoms with Gasteiger partial charge in [-0.2, -0.15) is 0 Å². The first-order chi connectivity index (χ1) is 9.60. The Morgan fingerprint density at radius 3 is 2.95 bits per heavy atom. The van der Waals surface area contributed by atoms with E-state index in [9.17, 15) is 9.59 Å². The molecule has 0 spiro atoms. The second-order valence-electron chi connectivity index (χ2n) is 4.69. The monoisotopic (exact) mass is 275 g/mol. The van der Waals surface area contributed by atoms with Crippen LogP contribution in [-0.2, 0) is 4.79 Å². The highest BCUT2D eigenvalue weighted by Crippen LogP contribution is 2.12. The zero-order valence-corrected chi connectivity index (χ0v) is 11.2. The average Bonchev–Trinajstić information content (AvgIpc) is 2.85. The van der Waals surface area contributed by atoms with Crippen molar-refractivity contribution < 1.29 is 14.7 Å². The van der Waals surface area contributed by atoms with E-state index in [0.29, 0.717) is 12.0 Å². The fourth-order valence-corrected chi connectivity index (χ4v) is 2.13. The number of carbonyl (C=O) groups excluding carboxylic acids is 1. The Morgan fingerprint density at radius 2 is 2.25 bits per heavy atom. The number of amides is 1. The number of aromatic nitrogens is 2. The number of carboxylic acids is 1. The molecule has 0 aliphatic heterocycles. The summed E-state index contributed by atoms with van der Waals surface area (Å²) in [5.74, 6) is -1.17. The molecule has 3 N–H and O–H groups in total. The zero-order valence-electron chi connectivity index (χ0n) is 11.2. The van der Waals surface area contributed by atoms with Gasteiger partial charge in [0.05, 0.1) is 23.8 Å². The molecule has 0 saturated carbocycles. The lowest BCUT2D eigenvalue weighted by Gasteiger charge is -2.16. The van der Waals surface area contributed by atoms with Crippen molar-refractivity contribution in [3.63, 3.8) is 0 Å². The summed E-state index contributed by atoms with van der Waals surface area (Å²) in [4.78, 5) is 29.9. The van der Waals surface area contributed by atoms with Gasteiger partial charge in [0.15, 0.2) is 0 Å². The lowest BCUT2D eigenvalue weighted by molar-refractivity contribution is -0.137. The summed E-state index contributed by atoms with van der Waals surface area (Å²) in [7, 11) is 0. The summed E-state index contributed by atoms with van der Waals surface area (Å²) in [6.45, 7) is 1.96. The Kier molecular flexibility index (Phi) is 4.34. The van der Waals surface area contributed by atoms with Crippen molar-refractivity contribution in [1.82, 2.24) is 15.3 Å². The summed E-state index contributed by atoms with van der Waals surface area (Å²) in [6.07, 6.45) is 2.96. The first kappa shape index (κ1) is 14.0. The molecule has 6 nitrogen and oxygen atoms in total. The minimum absolute atomic E-state index is 0.0636. The van der Waals surface area contributed by atoms with E-state index in [1.54, 1.807) is 24.5 Å². The van der Waals surface area contributed by atoms with Gasteiger partial charge >= 0.3 is 5.97 Å². The Morgan fingerprint density at radius 1 is 1.45 bits per heavy atom. The summed E-state index contributed by atoms with van der Waals surface area (Å²) in [5.41, 5.74) is 2.06. The largest absolute Gasteiger partial charge is 0.481 e. The van der Waals surface area contributed by atoms with E-state index in [0.717, 1.165) is 17.5 Å². The molecule has 20 heavy (non-hydrogen) atoms. The number of aliphatic carboxylic acids is 1. The van der Waals surface area contributed by atoms with Gasteiger partial charge < -0.3 is 15.4 Å². The molecular formula is C14H17N3O3. The van der Waals surface area contributed by atoms with Crippen molar-refractivity contribution in [2.45, 2.75) is 32.2 Å². The minimum Gasteiger partial charge on any atom is -0.481 e. The predicted octanol–water partition coefficient (Wildman–Crippen LogP) is 1.94. The number of benzene rings is 1. The van der Waals surface area contributed by atoms with Gasteiger partial charge in [0.2, 0.25) is 0 Å². The normalized spacial score (nSPS) is 12.2. The van der Waals surface area contributed by atoms with Gasteiger partial charge in [0.1, 0.15) is 0 Å². The molecule has 1 atom stereocenters. The Hall–Kier alpha value is -2.37. The summed E-state index contributed by atoms with van der Waals surface area (Å²) < 4.78 is 0. The van der Waals surface area contributed by atoms with E-state index in [2.05, 4.69) is 15.3 Å². The average molecular weight is 275 g/mol. The number of carboxylic acid groups (broad SMARTS) is 1. The van der Waals surface area contributed by atoms with Gasteiger partial charge in [0, 0.05) is 11.6 Å². The van der Waals surface area contributed by atoms with Crippen LogP contribution in [0.1, 0.15) is 36.5 Å². The third-order valence-electron chi connectivity index (χ3n) is 3.08. The number of fused-ring (bicyclic) bond motifs is 1. The topological polar surface area (TPSA) is 95.1 Å². The number of H-pyrrole nitrogens is 1. The number of rotatable bonds is 6. The van der Waals surface area contributed by atoms with E-state index in [4.69, 9.17) is 5.11 Å². The zero-order chi connectivity index (χ0) is 14.5. The molecule has 1 heterocycles. The van der Waals surface area contributed by atoms with Gasteiger partial charge in [-0.1, -0.05) is 13.3 Å². The third kappa shape index (κ3) is 3.34. The van der Waals surface area contributed by atoms with Crippen LogP contribution in [0.15, 0.2) is 24.5 Å². The molecule has 0 bridgehead atoms. The molecule has 1 aromatic heterocycles. The maximum Gasteiger partial charge on any atom is 0.305 e. The number of nitrogens with zero attached hydrogens (tertiary/aromatic N) is 1. The van der Waals surface area contributed by atoms with Crippen molar-refractivity contribution in [2.75, 3.05) is 0 Å². The Labute approximate surface area is 116 Å². The molecule has 0 fully saturated rings. The SMILES string of the molecule is CCCC(CC(=O)O)NC(=O)c1ccc2nc[nH]c2c1. The minimum atomic E-state index is -0.909. The molecule has 0 radical (unpaired) electrons. The quantitative estimate of drug-likeness (QED) is 0.750. The molecule has 0 aliphatic rings. The van der Waals surface area contributed by atoms with Crippen molar-refractivity contribution in [2.24, 2.45) is 0 Å². The lowest BCUT2D eigenvalue weighted by atomic mass is 10.1. The number of carbonyl (C=O) groups is 2. The van der Waals surface area contributed by atoms with E-state index in [1.807, 2.05) is 6.92 Å². The second kappa shape index (κ2) is 6.18. The fraction of sp³-hybridized carbons (Fsp3) is 0.357. The summed E-state index contributed by atoms with van der Waals surface area (Å²) in [6, 6.07) is 4.80. The van der Waals surface area contributed by atoms with Gasteiger partial charge in [-0.05, 0) is 24.6 Å². The van der Waals surface area contributed by atoms with E-state index in [1.165, 1.54) is 0 Å². The summed E-state index contributed by atoms with van der Waals surface area (Å²) in [5, 5.41) is 11.6. The van der Waals surface area contributed by atoms with Gasteiger partial charge in [0.25, 0.3) is 5.91 Å². The van der Waals surface area contributed by atoms with Crippen LogP contribution in [0.4, 0.5) is 0 Å². The van der Waals surface area contributed by atoms with Crippen LogP contribution in [0.25, 0.3) is 11.0 Å². The molecular weight excluding hydrogens is 258 g/mol. The first-order valence-corrected chi connectivity index (χ1v) is 6.56. The molecule has 0 aliphatic carbocycles. The van der Waals surface area contributed by atoms with Crippen LogP contribution >= 0.6 is 0 Å². The molecule has 2 rings (SSSR count). The number of nitrogens with one attached hydrogen (secondary N) is 2. The molecule has 106 valence electrons. The van der Waals surface area contributed by atoms with Crippen LogP contribution in [0, 0.1) is 0 Å². The summed E-state index contributed by atoms with van der Waals surface area (Å²) >= 11 is 0. The first-order valence-electron chi connectivity index (χ1n) is 6.56. The van der Waals surface area contributed by atoms with Crippen molar-refractivity contribution in [3.8, 4) is 0 Å². The highest BCUT2D eigenvalue weighted by Gasteiger charge is 2.16. The molecule has 1 aromatic carbocycles. The molecule has 6 heteroatoms. The third-order valence-corrected chi connectivity index (χ3v) is 3.08. The van der Waals surface area contributed by atoms with Gasteiger partial charge in [-0.3, -0.25) is 9.59 Å². The molecule has 1 amide bonds.